The van der Waals surface area contributed by atoms with Gasteiger partial charge in [-0.05, 0) is 18.2 Å². The average Bonchev–Trinajstić information content (AvgIpc) is 2.53. The first-order valence-corrected chi connectivity index (χ1v) is 6.82. The van der Waals surface area contributed by atoms with Crippen molar-refractivity contribution >= 4 is 21.8 Å². The molecule has 0 saturated carbocycles. The van der Waals surface area contributed by atoms with Crippen molar-refractivity contribution in [3.8, 4) is 0 Å². The van der Waals surface area contributed by atoms with Gasteiger partial charge in [0.2, 0.25) is 0 Å². The molecule has 4 heteroatoms. The topological polar surface area (TPSA) is 24.8 Å². The van der Waals surface area contributed by atoms with E-state index in [0.717, 1.165) is 42.6 Å². The Bertz CT molecular complexity index is 408. The van der Waals surface area contributed by atoms with Crippen molar-refractivity contribution in [2.45, 2.75) is 6.42 Å². The standard InChI is InChI=1S/C13H17BrN2O/c1-15-6-3-7-16(9-8-15)13(17)11-4-2-5-12(14)10-11/h2,4-5,10H,3,6-9H2,1H3/p+1. The number of quaternary nitrogens is 1. The number of hydrogen-bond donors (Lipinski definition) is 1. The molecule has 17 heavy (non-hydrogen) atoms. The molecule has 1 N–H and O–H groups in total. The normalized spacial score (nSPS) is 21.1. The molecule has 1 heterocycles. The molecule has 0 spiro atoms. The molecule has 2 rings (SSSR count). The number of likely N-dealkylation sites (N-methyl/N-ethyl adjacent to an activating group) is 1. The monoisotopic (exact) mass is 297 g/mol. The Labute approximate surface area is 111 Å². The molecule has 3 nitrogen and oxygen atoms in total. The summed E-state index contributed by atoms with van der Waals surface area (Å²) in [6.45, 7) is 3.93. The fourth-order valence-electron chi connectivity index (χ4n) is 2.14. The molecule has 0 aromatic heterocycles. The van der Waals surface area contributed by atoms with Crippen LogP contribution < -0.4 is 4.90 Å². The lowest BCUT2D eigenvalue weighted by Crippen LogP contribution is -3.09. The van der Waals surface area contributed by atoms with Crippen molar-refractivity contribution in [1.82, 2.24) is 4.90 Å². The quantitative estimate of drug-likeness (QED) is 0.815. The molecule has 1 atom stereocenters. The Morgan fingerprint density at radius 2 is 2.18 bits per heavy atom. The second-order valence-electron chi connectivity index (χ2n) is 4.61. The molecule has 0 radical (unpaired) electrons. The zero-order valence-electron chi connectivity index (χ0n) is 10.1. The molecule has 1 saturated heterocycles. The third-order valence-corrected chi connectivity index (χ3v) is 3.69. The van der Waals surface area contributed by atoms with Crippen LogP contribution in [0.3, 0.4) is 0 Å². The minimum absolute atomic E-state index is 0.154. The summed E-state index contributed by atoms with van der Waals surface area (Å²) in [4.78, 5) is 15.8. The van der Waals surface area contributed by atoms with E-state index in [1.807, 2.05) is 29.2 Å². The summed E-state index contributed by atoms with van der Waals surface area (Å²) < 4.78 is 0.959. The third kappa shape index (κ3) is 3.30. The zero-order valence-corrected chi connectivity index (χ0v) is 11.7. The van der Waals surface area contributed by atoms with Crippen LogP contribution in [0.15, 0.2) is 28.7 Å². The third-order valence-electron chi connectivity index (χ3n) is 3.20. The highest BCUT2D eigenvalue weighted by atomic mass is 79.9. The molecular weight excluding hydrogens is 280 g/mol. The van der Waals surface area contributed by atoms with Crippen LogP contribution in [0.5, 0.6) is 0 Å². The molecule has 0 bridgehead atoms. The maximum Gasteiger partial charge on any atom is 0.254 e. The van der Waals surface area contributed by atoms with Gasteiger partial charge >= 0.3 is 0 Å². The summed E-state index contributed by atoms with van der Waals surface area (Å²) in [6, 6.07) is 7.63. The van der Waals surface area contributed by atoms with Gasteiger partial charge in [0.15, 0.2) is 0 Å². The van der Waals surface area contributed by atoms with Gasteiger partial charge in [0.25, 0.3) is 5.91 Å². The fraction of sp³-hybridized carbons (Fsp3) is 0.462. The summed E-state index contributed by atoms with van der Waals surface area (Å²) in [6.07, 6.45) is 1.09. The van der Waals surface area contributed by atoms with Gasteiger partial charge in [-0.3, -0.25) is 4.79 Å². The molecule has 1 aromatic carbocycles. The number of carbonyl (C=O) groups excluding carboxylic acids is 1. The molecule has 0 aliphatic carbocycles. The van der Waals surface area contributed by atoms with E-state index in [0.29, 0.717) is 0 Å². The Morgan fingerprint density at radius 3 is 2.94 bits per heavy atom. The van der Waals surface area contributed by atoms with Crippen molar-refractivity contribution in [1.29, 1.82) is 0 Å². The predicted molar refractivity (Wildman–Crippen MR) is 71.3 cm³/mol. The minimum Gasteiger partial charge on any atom is -0.336 e. The highest BCUT2D eigenvalue weighted by Gasteiger charge is 2.20. The fourth-order valence-corrected chi connectivity index (χ4v) is 2.54. The summed E-state index contributed by atoms with van der Waals surface area (Å²) in [5.74, 6) is 0.154. The SMILES string of the molecule is C[NH+]1CCCN(C(=O)c2cccc(Br)c2)CC1. The van der Waals surface area contributed by atoms with Gasteiger partial charge in [-0.2, -0.15) is 0 Å². The summed E-state index contributed by atoms with van der Waals surface area (Å²) in [5, 5.41) is 0. The lowest BCUT2D eigenvalue weighted by Gasteiger charge is -2.19. The van der Waals surface area contributed by atoms with Gasteiger partial charge in [-0.1, -0.05) is 22.0 Å². The maximum absolute atomic E-state index is 12.3. The predicted octanol–water partition coefficient (Wildman–Crippen LogP) is 0.810. The van der Waals surface area contributed by atoms with Gasteiger partial charge in [0, 0.05) is 23.0 Å². The van der Waals surface area contributed by atoms with E-state index in [-0.39, 0.29) is 5.91 Å². The van der Waals surface area contributed by atoms with E-state index in [2.05, 4.69) is 23.0 Å². The number of hydrogen-bond acceptors (Lipinski definition) is 1. The number of rotatable bonds is 1. The van der Waals surface area contributed by atoms with E-state index in [1.54, 1.807) is 0 Å². The first kappa shape index (κ1) is 12.6. The van der Waals surface area contributed by atoms with Crippen LogP contribution in [0, 0.1) is 0 Å². The first-order valence-electron chi connectivity index (χ1n) is 6.03. The van der Waals surface area contributed by atoms with Gasteiger partial charge < -0.3 is 9.80 Å². The first-order chi connectivity index (χ1) is 8.16. The van der Waals surface area contributed by atoms with E-state index in [1.165, 1.54) is 4.90 Å². The molecule has 1 unspecified atom stereocenters. The minimum atomic E-state index is 0.154. The summed E-state index contributed by atoms with van der Waals surface area (Å²) >= 11 is 3.40. The van der Waals surface area contributed by atoms with Crippen LogP contribution >= 0.6 is 15.9 Å². The number of nitrogens with zero attached hydrogens (tertiary/aromatic N) is 1. The van der Waals surface area contributed by atoms with Crippen molar-refractivity contribution in [2.75, 3.05) is 33.2 Å². The molecule has 1 aliphatic heterocycles. The van der Waals surface area contributed by atoms with Crippen LogP contribution in [0.25, 0.3) is 0 Å². The molecule has 1 aliphatic rings. The number of benzene rings is 1. The number of carbonyl (C=O) groups is 1. The second kappa shape index (κ2) is 5.65. The van der Waals surface area contributed by atoms with Crippen LogP contribution in [-0.2, 0) is 0 Å². The summed E-state index contributed by atoms with van der Waals surface area (Å²) in [7, 11) is 2.19. The van der Waals surface area contributed by atoms with Crippen molar-refractivity contribution in [2.24, 2.45) is 0 Å². The van der Waals surface area contributed by atoms with Crippen LogP contribution in [0.4, 0.5) is 0 Å². The van der Waals surface area contributed by atoms with Crippen LogP contribution in [0.2, 0.25) is 0 Å². The Hall–Kier alpha value is -0.870. The highest BCUT2D eigenvalue weighted by molar-refractivity contribution is 9.10. The van der Waals surface area contributed by atoms with Crippen molar-refractivity contribution in [3.05, 3.63) is 34.3 Å². The van der Waals surface area contributed by atoms with E-state index >= 15 is 0 Å². The average molecular weight is 298 g/mol. The molecular formula is C13H18BrN2O+. The molecule has 1 amide bonds. The summed E-state index contributed by atoms with van der Waals surface area (Å²) in [5.41, 5.74) is 0.777. The smallest absolute Gasteiger partial charge is 0.254 e. The van der Waals surface area contributed by atoms with Crippen LogP contribution in [-0.4, -0.2) is 44.0 Å². The van der Waals surface area contributed by atoms with E-state index in [4.69, 9.17) is 0 Å². The molecule has 1 aromatic rings. The lowest BCUT2D eigenvalue weighted by atomic mass is 10.2. The maximum atomic E-state index is 12.3. The Balaban J connectivity index is 2.09. The van der Waals surface area contributed by atoms with E-state index < -0.39 is 0 Å². The van der Waals surface area contributed by atoms with Crippen molar-refractivity contribution in [3.63, 3.8) is 0 Å². The highest BCUT2D eigenvalue weighted by Crippen LogP contribution is 2.13. The zero-order chi connectivity index (χ0) is 12.3. The largest absolute Gasteiger partial charge is 0.336 e. The molecule has 1 fully saturated rings. The Kier molecular flexibility index (Phi) is 4.18. The van der Waals surface area contributed by atoms with E-state index in [9.17, 15) is 4.79 Å². The Morgan fingerprint density at radius 1 is 1.35 bits per heavy atom. The lowest BCUT2D eigenvalue weighted by molar-refractivity contribution is -0.877. The van der Waals surface area contributed by atoms with Gasteiger partial charge in [0.05, 0.1) is 26.7 Å². The van der Waals surface area contributed by atoms with Crippen LogP contribution in [0.1, 0.15) is 16.8 Å². The number of halogens is 1. The molecule has 92 valence electrons. The second-order valence-corrected chi connectivity index (χ2v) is 5.53. The van der Waals surface area contributed by atoms with Crippen molar-refractivity contribution < 1.29 is 9.69 Å². The van der Waals surface area contributed by atoms with Gasteiger partial charge in [-0.15, -0.1) is 0 Å². The van der Waals surface area contributed by atoms with Gasteiger partial charge in [-0.25, -0.2) is 0 Å². The number of nitrogens with one attached hydrogen (secondary N) is 1. The van der Waals surface area contributed by atoms with Gasteiger partial charge in [0.1, 0.15) is 0 Å². The number of amides is 1.